The highest BCUT2D eigenvalue weighted by Crippen LogP contribution is 2.27. The molecule has 1 aliphatic rings. The molecule has 140 valence electrons. The minimum atomic E-state index is -0.243. The van der Waals surface area contributed by atoms with E-state index in [1.165, 1.54) is 31.7 Å². The van der Waals surface area contributed by atoms with E-state index in [4.69, 9.17) is 0 Å². The first kappa shape index (κ1) is 17.8. The quantitative estimate of drug-likeness (QED) is 0.619. The second-order valence-corrected chi connectivity index (χ2v) is 7.60. The zero-order valence-electron chi connectivity index (χ0n) is 15.7. The summed E-state index contributed by atoms with van der Waals surface area (Å²) in [5.74, 6) is 0.366. The average Bonchev–Trinajstić information content (AvgIpc) is 3.31. The summed E-state index contributed by atoms with van der Waals surface area (Å²) in [6.07, 6.45) is 4.94. The zero-order chi connectivity index (χ0) is 18.8. The monoisotopic (exact) mass is 364 g/mol. The maximum Gasteiger partial charge on any atom is 0.270 e. The van der Waals surface area contributed by atoms with Gasteiger partial charge in [-0.15, -0.1) is 0 Å². The van der Waals surface area contributed by atoms with E-state index in [9.17, 15) is 9.18 Å². The maximum atomic E-state index is 14.2. The van der Waals surface area contributed by atoms with Crippen LogP contribution in [-0.2, 0) is 6.54 Å². The highest BCUT2D eigenvalue weighted by Gasteiger charge is 2.23. The summed E-state index contributed by atoms with van der Waals surface area (Å²) >= 11 is 0. The van der Waals surface area contributed by atoms with Crippen LogP contribution in [0.4, 0.5) is 4.39 Å². The fourth-order valence-corrected chi connectivity index (χ4v) is 4.21. The van der Waals surface area contributed by atoms with E-state index in [1.54, 1.807) is 12.1 Å². The van der Waals surface area contributed by atoms with E-state index in [-0.39, 0.29) is 11.7 Å². The van der Waals surface area contributed by atoms with Crippen LogP contribution in [0.2, 0.25) is 0 Å². The van der Waals surface area contributed by atoms with Crippen molar-refractivity contribution in [2.45, 2.75) is 32.2 Å². The summed E-state index contributed by atoms with van der Waals surface area (Å²) in [4.78, 5) is 15.0. The zero-order valence-corrected chi connectivity index (χ0v) is 15.7. The lowest BCUT2D eigenvalue weighted by Crippen LogP contribution is -2.32. The summed E-state index contributed by atoms with van der Waals surface area (Å²) < 4.78 is 16.2. The SMILES string of the molecule is CN(CC1CCCC1)C(=O)c1cc2ccccc2n1Cc1ccccc1F. The molecule has 0 bridgehead atoms. The number of halogens is 1. The predicted molar refractivity (Wildman–Crippen MR) is 106 cm³/mol. The van der Waals surface area contributed by atoms with E-state index in [0.29, 0.717) is 23.7 Å². The number of hydrogen-bond donors (Lipinski definition) is 0. The van der Waals surface area contributed by atoms with Gasteiger partial charge in [-0.05, 0) is 37.0 Å². The van der Waals surface area contributed by atoms with Crippen LogP contribution in [0, 0.1) is 11.7 Å². The topological polar surface area (TPSA) is 25.2 Å². The number of amides is 1. The van der Waals surface area contributed by atoms with Crippen LogP contribution < -0.4 is 0 Å². The molecule has 0 N–H and O–H groups in total. The number of carbonyl (C=O) groups excluding carboxylic acids is 1. The Morgan fingerprint density at radius 2 is 1.81 bits per heavy atom. The minimum Gasteiger partial charge on any atom is -0.340 e. The molecule has 4 rings (SSSR count). The Morgan fingerprint density at radius 1 is 1.11 bits per heavy atom. The number of carbonyl (C=O) groups is 1. The molecule has 3 aromatic rings. The lowest BCUT2D eigenvalue weighted by atomic mass is 10.1. The van der Waals surface area contributed by atoms with Crippen molar-refractivity contribution >= 4 is 16.8 Å². The van der Waals surface area contributed by atoms with Gasteiger partial charge in [0.1, 0.15) is 11.5 Å². The number of benzene rings is 2. The van der Waals surface area contributed by atoms with Crippen molar-refractivity contribution in [3.05, 3.63) is 71.7 Å². The Morgan fingerprint density at radius 3 is 2.59 bits per heavy atom. The summed E-state index contributed by atoms with van der Waals surface area (Å²) in [6, 6.07) is 16.6. The standard InChI is InChI=1S/C23H25FN2O/c1-25(15-17-8-2-3-9-17)23(27)22-14-18-10-5-7-13-21(18)26(22)16-19-11-4-6-12-20(19)24/h4-7,10-14,17H,2-3,8-9,15-16H2,1H3. The molecule has 3 nitrogen and oxygen atoms in total. The van der Waals surface area contributed by atoms with Crippen LogP contribution in [0.5, 0.6) is 0 Å². The van der Waals surface area contributed by atoms with Crippen molar-refractivity contribution < 1.29 is 9.18 Å². The van der Waals surface area contributed by atoms with Crippen LogP contribution in [0.25, 0.3) is 10.9 Å². The number of hydrogen-bond acceptors (Lipinski definition) is 1. The van der Waals surface area contributed by atoms with E-state index in [0.717, 1.165) is 17.4 Å². The Kier molecular flexibility index (Phi) is 4.97. The van der Waals surface area contributed by atoms with E-state index >= 15 is 0 Å². The smallest absolute Gasteiger partial charge is 0.270 e. The molecule has 1 amide bonds. The molecule has 0 saturated heterocycles. The molecular formula is C23H25FN2O. The Hall–Kier alpha value is -2.62. The van der Waals surface area contributed by atoms with Gasteiger partial charge in [0.25, 0.3) is 5.91 Å². The third-order valence-electron chi connectivity index (χ3n) is 5.67. The molecule has 0 unspecified atom stereocenters. The van der Waals surface area contributed by atoms with Gasteiger partial charge in [0, 0.05) is 30.1 Å². The average molecular weight is 364 g/mol. The fraction of sp³-hybridized carbons (Fsp3) is 0.348. The van der Waals surface area contributed by atoms with Crippen LogP contribution in [-0.4, -0.2) is 29.0 Å². The van der Waals surface area contributed by atoms with Gasteiger partial charge in [-0.3, -0.25) is 4.79 Å². The molecule has 0 atom stereocenters. The highest BCUT2D eigenvalue weighted by atomic mass is 19.1. The van der Waals surface area contributed by atoms with Crippen molar-refractivity contribution in [2.75, 3.05) is 13.6 Å². The summed E-state index contributed by atoms with van der Waals surface area (Å²) in [6.45, 7) is 1.14. The summed E-state index contributed by atoms with van der Waals surface area (Å²) in [7, 11) is 1.88. The molecule has 0 aliphatic heterocycles. The molecule has 1 aromatic heterocycles. The molecule has 27 heavy (non-hydrogen) atoms. The number of rotatable bonds is 5. The van der Waals surface area contributed by atoms with Crippen molar-refractivity contribution in [1.82, 2.24) is 9.47 Å². The minimum absolute atomic E-state index is 0.00874. The van der Waals surface area contributed by atoms with Crippen molar-refractivity contribution in [3.8, 4) is 0 Å². The number of para-hydroxylation sites is 1. The molecular weight excluding hydrogens is 339 g/mol. The van der Waals surface area contributed by atoms with Gasteiger partial charge < -0.3 is 9.47 Å². The van der Waals surface area contributed by atoms with E-state index in [2.05, 4.69) is 0 Å². The van der Waals surface area contributed by atoms with E-state index < -0.39 is 0 Å². The highest BCUT2D eigenvalue weighted by molar-refractivity contribution is 5.98. The molecule has 0 radical (unpaired) electrons. The molecule has 2 aromatic carbocycles. The predicted octanol–water partition coefficient (Wildman–Crippen LogP) is 5.09. The molecule has 1 aliphatic carbocycles. The van der Waals surface area contributed by atoms with Crippen molar-refractivity contribution in [3.63, 3.8) is 0 Å². The van der Waals surface area contributed by atoms with Gasteiger partial charge in [-0.25, -0.2) is 4.39 Å². The molecule has 0 spiro atoms. The van der Waals surface area contributed by atoms with Crippen LogP contribution in [0.3, 0.4) is 0 Å². The number of nitrogens with zero attached hydrogens (tertiary/aromatic N) is 2. The number of fused-ring (bicyclic) bond motifs is 1. The fourth-order valence-electron chi connectivity index (χ4n) is 4.21. The van der Waals surface area contributed by atoms with Gasteiger partial charge in [0.2, 0.25) is 0 Å². The van der Waals surface area contributed by atoms with Gasteiger partial charge in [-0.2, -0.15) is 0 Å². The van der Waals surface area contributed by atoms with Crippen LogP contribution in [0.15, 0.2) is 54.6 Å². The van der Waals surface area contributed by atoms with Gasteiger partial charge in [-0.1, -0.05) is 49.2 Å². The maximum absolute atomic E-state index is 14.2. The second-order valence-electron chi connectivity index (χ2n) is 7.60. The van der Waals surface area contributed by atoms with Crippen LogP contribution >= 0.6 is 0 Å². The normalized spacial score (nSPS) is 14.7. The van der Waals surface area contributed by atoms with Gasteiger partial charge in [0.05, 0.1) is 6.54 Å². The number of aromatic nitrogens is 1. The first-order valence-corrected chi connectivity index (χ1v) is 9.70. The Bertz CT molecular complexity index is 956. The molecule has 4 heteroatoms. The largest absolute Gasteiger partial charge is 0.340 e. The first-order chi connectivity index (χ1) is 13.1. The third-order valence-corrected chi connectivity index (χ3v) is 5.67. The summed E-state index contributed by atoms with van der Waals surface area (Å²) in [5, 5.41) is 1.01. The second kappa shape index (κ2) is 7.55. The molecule has 1 saturated carbocycles. The Labute approximate surface area is 159 Å². The van der Waals surface area contributed by atoms with Crippen molar-refractivity contribution in [1.29, 1.82) is 0 Å². The third kappa shape index (κ3) is 3.61. The molecule has 1 fully saturated rings. The summed E-state index contributed by atoms with van der Waals surface area (Å²) in [5.41, 5.74) is 2.17. The Balaban J connectivity index is 1.69. The first-order valence-electron chi connectivity index (χ1n) is 9.70. The van der Waals surface area contributed by atoms with Gasteiger partial charge >= 0.3 is 0 Å². The lowest BCUT2D eigenvalue weighted by molar-refractivity contribution is 0.0763. The van der Waals surface area contributed by atoms with Gasteiger partial charge in [0.15, 0.2) is 0 Å². The lowest BCUT2D eigenvalue weighted by Gasteiger charge is -2.22. The molecule has 1 heterocycles. The van der Waals surface area contributed by atoms with E-state index in [1.807, 2.05) is 52.9 Å². The van der Waals surface area contributed by atoms with Crippen molar-refractivity contribution in [2.24, 2.45) is 5.92 Å². The van der Waals surface area contributed by atoms with Crippen LogP contribution in [0.1, 0.15) is 41.7 Å².